The van der Waals surface area contributed by atoms with Gasteiger partial charge in [0.1, 0.15) is 12.4 Å². The molecule has 1 N–H and O–H groups in total. The highest BCUT2D eigenvalue weighted by atomic mass is 16.2. The second kappa shape index (κ2) is 7.09. The Morgan fingerprint density at radius 1 is 1.38 bits per heavy atom. The molecular formula is C17H24N6O. The fourth-order valence-electron chi connectivity index (χ4n) is 3.14. The van der Waals surface area contributed by atoms with E-state index in [0.29, 0.717) is 12.6 Å². The van der Waals surface area contributed by atoms with E-state index in [1.54, 1.807) is 10.9 Å². The van der Waals surface area contributed by atoms with Crippen molar-refractivity contribution in [1.29, 1.82) is 0 Å². The van der Waals surface area contributed by atoms with Crippen LogP contribution in [-0.4, -0.2) is 44.1 Å². The molecule has 0 saturated carbocycles. The molecule has 3 heterocycles. The SMILES string of the molecule is Cc1cnn(CC(=O)NCc2cnc(C)nc2[C@@H]2CCCN2C)c1. The van der Waals surface area contributed by atoms with Crippen LogP contribution in [-0.2, 0) is 17.9 Å². The van der Waals surface area contributed by atoms with Gasteiger partial charge in [0.2, 0.25) is 5.91 Å². The van der Waals surface area contributed by atoms with Gasteiger partial charge in [-0.25, -0.2) is 9.97 Å². The Kier molecular flexibility index (Phi) is 4.89. The van der Waals surface area contributed by atoms with E-state index in [1.807, 2.05) is 26.2 Å². The summed E-state index contributed by atoms with van der Waals surface area (Å²) < 4.78 is 1.64. The van der Waals surface area contributed by atoms with Crippen molar-refractivity contribution in [2.24, 2.45) is 0 Å². The van der Waals surface area contributed by atoms with Gasteiger partial charge in [-0.2, -0.15) is 5.10 Å². The summed E-state index contributed by atoms with van der Waals surface area (Å²) in [6.07, 6.45) is 7.71. The summed E-state index contributed by atoms with van der Waals surface area (Å²) in [6, 6.07) is 0.312. The number of hydrogen-bond acceptors (Lipinski definition) is 5. The topological polar surface area (TPSA) is 75.9 Å². The van der Waals surface area contributed by atoms with Gasteiger partial charge in [0.25, 0.3) is 0 Å². The van der Waals surface area contributed by atoms with Crippen LogP contribution in [0.25, 0.3) is 0 Å². The van der Waals surface area contributed by atoms with Crippen LogP contribution in [0.15, 0.2) is 18.6 Å². The Bertz CT molecular complexity index is 726. The molecule has 24 heavy (non-hydrogen) atoms. The van der Waals surface area contributed by atoms with Gasteiger partial charge in [0.05, 0.1) is 17.9 Å². The maximum absolute atomic E-state index is 12.1. The van der Waals surface area contributed by atoms with Crippen molar-refractivity contribution in [2.45, 2.75) is 45.8 Å². The largest absolute Gasteiger partial charge is 0.350 e. The highest BCUT2D eigenvalue weighted by molar-refractivity contribution is 5.75. The molecule has 2 aromatic rings. The summed E-state index contributed by atoms with van der Waals surface area (Å²) in [6.45, 7) is 5.60. The quantitative estimate of drug-likeness (QED) is 0.897. The number of aryl methyl sites for hydroxylation is 2. The molecule has 7 nitrogen and oxygen atoms in total. The van der Waals surface area contributed by atoms with Crippen LogP contribution in [0.3, 0.4) is 0 Å². The van der Waals surface area contributed by atoms with E-state index in [2.05, 4.69) is 32.3 Å². The van der Waals surface area contributed by atoms with E-state index in [1.165, 1.54) is 6.42 Å². The molecule has 0 bridgehead atoms. The van der Waals surface area contributed by atoms with Gasteiger partial charge in [-0.3, -0.25) is 14.4 Å². The van der Waals surface area contributed by atoms with E-state index in [0.717, 1.165) is 35.6 Å². The zero-order chi connectivity index (χ0) is 17.1. The molecule has 1 aliphatic heterocycles. The number of likely N-dealkylation sites (tertiary alicyclic amines) is 1. The number of carbonyl (C=O) groups is 1. The van der Waals surface area contributed by atoms with E-state index in [-0.39, 0.29) is 12.5 Å². The monoisotopic (exact) mass is 328 g/mol. The first-order chi connectivity index (χ1) is 11.5. The van der Waals surface area contributed by atoms with Crippen LogP contribution < -0.4 is 5.32 Å². The fraction of sp³-hybridized carbons (Fsp3) is 0.529. The highest BCUT2D eigenvalue weighted by Gasteiger charge is 2.26. The third-order valence-electron chi connectivity index (χ3n) is 4.40. The maximum Gasteiger partial charge on any atom is 0.241 e. The number of carbonyl (C=O) groups excluding carboxylic acids is 1. The predicted molar refractivity (Wildman–Crippen MR) is 90.2 cm³/mol. The van der Waals surface area contributed by atoms with Crippen LogP contribution >= 0.6 is 0 Å². The number of hydrogen-bond donors (Lipinski definition) is 1. The van der Waals surface area contributed by atoms with Crippen molar-refractivity contribution >= 4 is 5.91 Å². The molecule has 128 valence electrons. The lowest BCUT2D eigenvalue weighted by molar-refractivity contribution is -0.122. The molecule has 0 aliphatic carbocycles. The average molecular weight is 328 g/mol. The van der Waals surface area contributed by atoms with Gasteiger partial charge in [0, 0.05) is 24.5 Å². The van der Waals surface area contributed by atoms with E-state index < -0.39 is 0 Å². The smallest absolute Gasteiger partial charge is 0.241 e. The first-order valence-electron chi connectivity index (χ1n) is 8.31. The molecule has 1 saturated heterocycles. The van der Waals surface area contributed by atoms with Crippen molar-refractivity contribution < 1.29 is 4.79 Å². The second-order valence-corrected chi connectivity index (χ2v) is 6.46. The van der Waals surface area contributed by atoms with Crippen LogP contribution in [0.4, 0.5) is 0 Å². The third-order valence-corrected chi connectivity index (χ3v) is 4.40. The molecule has 1 fully saturated rings. The van der Waals surface area contributed by atoms with Crippen LogP contribution in [0, 0.1) is 13.8 Å². The minimum Gasteiger partial charge on any atom is -0.350 e. The Hall–Kier alpha value is -2.28. The van der Waals surface area contributed by atoms with Gasteiger partial charge in [-0.15, -0.1) is 0 Å². The molecule has 7 heteroatoms. The number of aromatic nitrogens is 4. The van der Waals surface area contributed by atoms with Gasteiger partial charge >= 0.3 is 0 Å². The number of nitrogens with one attached hydrogen (secondary N) is 1. The summed E-state index contributed by atoms with van der Waals surface area (Å²) in [7, 11) is 2.12. The van der Waals surface area contributed by atoms with Crippen LogP contribution in [0.5, 0.6) is 0 Å². The zero-order valence-corrected chi connectivity index (χ0v) is 14.5. The van der Waals surface area contributed by atoms with Crippen LogP contribution in [0.1, 0.15) is 41.5 Å². The van der Waals surface area contributed by atoms with Gasteiger partial charge in [-0.05, 0) is 45.8 Å². The first-order valence-corrected chi connectivity index (χ1v) is 8.31. The summed E-state index contributed by atoms with van der Waals surface area (Å²) in [5, 5.41) is 7.09. The Balaban J connectivity index is 1.67. The van der Waals surface area contributed by atoms with Crippen LogP contribution in [0.2, 0.25) is 0 Å². The molecular weight excluding hydrogens is 304 g/mol. The summed E-state index contributed by atoms with van der Waals surface area (Å²) >= 11 is 0. The number of rotatable bonds is 5. The van der Waals surface area contributed by atoms with Gasteiger partial charge in [-0.1, -0.05) is 0 Å². The molecule has 2 aromatic heterocycles. The fourth-order valence-corrected chi connectivity index (χ4v) is 3.14. The minimum absolute atomic E-state index is 0.0654. The second-order valence-electron chi connectivity index (χ2n) is 6.46. The molecule has 3 rings (SSSR count). The number of amides is 1. The molecule has 0 spiro atoms. The molecule has 0 aromatic carbocycles. The maximum atomic E-state index is 12.1. The van der Waals surface area contributed by atoms with Gasteiger partial charge in [0.15, 0.2) is 0 Å². The molecule has 1 amide bonds. The zero-order valence-electron chi connectivity index (χ0n) is 14.5. The van der Waals surface area contributed by atoms with Gasteiger partial charge < -0.3 is 5.32 Å². The Morgan fingerprint density at radius 3 is 2.88 bits per heavy atom. The minimum atomic E-state index is -0.0654. The molecule has 1 aliphatic rings. The van der Waals surface area contributed by atoms with E-state index in [4.69, 9.17) is 0 Å². The summed E-state index contributed by atoms with van der Waals surface area (Å²) in [5.74, 6) is 0.705. The number of nitrogens with zero attached hydrogens (tertiary/aromatic N) is 5. The summed E-state index contributed by atoms with van der Waals surface area (Å²) in [4.78, 5) is 23.4. The first kappa shape index (κ1) is 16.6. The standard InChI is InChI=1S/C17H24N6O/c1-12-7-20-23(10-12)11-16(24)19-9-14-8-18-13(2)21-17(14)15-5-4-6-22(15)3/h7-8,10,15H,4-6,9,11H2,1-3H3,(H,19,24)/t15-/m0/s1. The van der Waals surface area contributed by atoms with Crippen molar-refractivity contribution in [1.82, 2.24) is 30.0 Å². The summed E-state index contributed by atoms with van der Waals surface area (Å²) in [5.41, 5.74) is 3.07. The van der Waals surface area contributed by atoms with Crippen molar-refractivity contribution in [3.8, 4) is 0 Å². The van der Waals surface area contributed by atoms with Crippen molar-refractivity contribution in [3.63, 3.8) is 0 Å². The molecule has 1 atom stereocenters. The van der Waals surface area contributed by atoms with Crippen molar-refractivity contribution in [2.75, 3.05) is 13.6 Å². The lowest BCUT2D eigenvalue weighted by Crippen LogP contribution is -2.29. The average Bonchev–Trinajstić information content (AvgIpc) is 3.14. The van der Waals surface area contributed by atoms with Crippen molar-refractivity contribution in [3.05, 3.63) is 41.2 Å². The highest BCUT2D eigenvalue weighted by Crippen LogP contribution is 2.30. The predicted octanol–water partition coefficient (Wildman–Crippen LogP) is 1.37. The van der Waals surface area contributed by atoms with E-state index in [9.17, 15) is 4.79 Å². The lowest BCUT2D eigenvalue weighted by atomic mass is 10.1. The molecule has 0 radical (unpaired) electrons. The normalized spacial score (nSPS) is 18.0. The molecule has 0 unspecified atom stereocenters. The Labute approximate surface area is 142 Å². The lowest BCUT2D eigenvalue weighted by Gasteiger charge is -2.21. The third kappa shape index (κ3) is 3.79. The van der Waals surface area contributed by atoms with E-state index >= 15 is 0 Å². The Morgan fingerprint density at radius 2 is 2.21 bits per heavy atom.